The molecule has 4 rings (SSSR count). The maximum Gasteiger partial charge on any atom is 0.318 e. The number of nitrogens with zero attached hydrogens (tertiary/aromatic N) is 1. The molecule has 2 N–H and O–H groups in total. The van der Waals surface area contributed by atoms with Crippen LogP contribution in [0.15, 0.2) is 78.9 Å². The number of rotatable bonds is 9. The molecule has 184 valence electrons. The van der Waals surface area contributed by atoms with E-state index in [1.165, 1.54) is 6.07 Å². The first-order valence-electron chi connectivity index (χ1n) is 12.0. The third kappa shape index (κ3) is 5.47. The summed E-state index contributed by atoms with van der Waals surface area (Å²) in [5, 5.41) is 20.8. The lowest BCUT2D eigenvalue weighted by Crippen LogP contribution is -2.46. The molecule has 0 saturated carbocycles. The number of hydrogen-bond donors (Lipinski definition) is 2. The Morgan fingerprint density at radius 2 is 1.60 bits per heavy atom. The molecule has 35 heavy (non-hydrogen) atoms. The summed E-state index contributed by atoms with van der Waals surface area (Å²) in [7, 11) is 0. The molecule has 0 amide bonds. The SMILES string of the molecule is CC(C)(CCC(C(=O)O)(c1ccccc1)c1ccccc1)N1CC[C@H](Oc2cc(O)cc(Cl)c2)C1. The summed E-state index contributed by atoms with van der Waals surface area (Å²) in [5.41, 5.74) is 0.211. The lowest BCUT2D eigenvalue weighted by Gasteiger charge is -2.39. The second kappa shape index (κ2) is 10.3. The van der Waals surface area contributed by atoms with Crippen LogP contribution in [0.1, 0.15) is 44.2 Å². The van der Waals surface area contributed by atoms with Crippen molar-refractivity contribution in [2.75, 3.05) is 13.1 Å². The number of phenols is 1. The van der Waals surface area contributed by atoms with Gasteiger partial charge in [0.15, 0.2) is 0 Å². The van der Waals surface area contributed by atoms with Gasteiger partial charge >= 0.3 is 5.97 Å². The highest BCUT2D eigenvalue weighted by Gasteiger charge is 2.44. The van der Waals surface area contributed by atoms with Gasteiger partial charge < -0.3 is 14.9 Å². The van der Waals surface area contributed by atoms with E-state index in [0.29, 0.717) is 23.6 Å². The number of carbonyl (C=O) groups is 1. The minimum absolute atomic E-state index is 0.0281. The van der Waals surface area contributed by atoms with E-state index in [0.717, 1.165) is 30.6 Å². The predicted molar refractivity (Wildman–Crippen MR) is 138 cm³/mol. The van der Waals surface area contributed by atoms with Crippen LogP contribution in [-0.4, -0.2) is 45.8 Å². The molecule has 1 aliphatic heterocycles. The maximum absolute atomic E-state index is 12.9. The van der Waals surface area contributed by atoms with Gasteiger partial charge in [0.05, 0.1) is 0 Å². The topological polar surface area (TPSA) is 70.0 Å². The quantitative estimate of drug-likeness (QED) is 0.375. The Labute approximate surface area is 211 Å². The van der Waals surface area contributed by atoms with Gasteiger partial charge in [0, 0.05) is 29.7 Å². The molecule has 6 heteroatoms. The molecule has 0 radical (unpaired) electrons. The number of halogens is 1. The summed E-state index contributed by atoms with van der Waals surface area (Å²) in [6, 6.07) is 23.8. The summed E-state index contributed by atoms with van der Waals surface area (Å²) >= 11 is 6.05. The Balaban J connectivity index is 1.52. The normalized spacial score (nSPS) is 16.8. The second-order valence-electron chi connectivity index (χ2n) is 9.87. The molecule has 1 aliphatic rings. The molecule has 0 aliphatic carbocycles. The van der Waals surface area contributed by atoms with Crippen LogP contribution < -0.4 is 4.74 Å². The maximum atomic E-state index is 12.9. The number of aliphatic carboxylic acids is 1. The van der Waals surface area contributed by atoms with E-state index in [1.54, 1.807) is 12.1 Å². The first-order valence-corrected chi connectivity index (χ1v) is 12.3. The largest absolute Gasteiger partial charge is 0.508 e. The minimum Gasteiger partial charge on any atom is -0.508 e. The van der Waals surface area contributed by atoms with Crippen molar-refractivity contribution in [3.05, 3.63) is 95.0 Å². The van der Waals surface area contributed by atoms with Crippen molar-refractivity contribution in [3.8, 4) is 11.5 Å². The molecular formula is C29H32ClNO4. The Hall–Kier alpha value is -3.02. The van der Waals surface area contributed by atoms with Crippen molar-refractivity contribution in [1.82, 2.24) is 4.90 Å². The van der Waals surface area contributed by atoms with Crippen molar-refractivity contribution in [1.29, 1.82) is 0 Å². The van der Waals surface area contributed by atoms with Gasteiger partial charge in [-0.1, -0.05) is 72.3 Å². The molecular weight excluding hydrogens is 462 g/mol. The average Bonchev–Trinajstić information content (AvgIpc) is 3.29. The van der Waals surface area contributed by atoms with Crippen LogP contribution >= 0.6 is 11.6 Å². The van der Waals surface area contributed by atoms with Crippen molar-refractivity contribution in [2.45, 2.75) is 50.2 Å². The third-order valence-electron chi connectivity index (χ3n) is 7.17. The Kier molecular flexibility index (Phi) is 7.39. The van der Waals surface area contributed by atoms with Crippen molar-refractivity contribution >= 4 is 17.6 Å². The fourth-order valence-electron chi connectivity index (χ4n) is 5.09. The number of benzene rings is 3. The molecule has 1 saturated heterocycles. The zero-order valence-electron chi connectivity index (χ0n) is 20.2. The van der Waals surface area contributed by atoms with Crippen LogP contribution in [0.4, 0.5) is 0 Å². The van der Waals surface area contributed by atoms with Gasteiger partial charge in [-0.25, -0.2) is 0 Å². The fourth-order valence-corrected chi connectivity index (χ4v) is 5.31. The Bertz CT molecular complexity index is 1090. The van der Waals surface area contributed by atoms with E-state index in [4.69, 9.17) is 16.3 Å². The van der Waals surface area contributed by atoms with E-state index in [-0.39, 0.29) is 17.4 Å². The predicted octanol–water partition coefficient (Wildman–Crippen LogP) is 6.13. The van der Waals surface area contributed by atoms with Gasteiger partial charge in [0.2, 0.25) is 0 Å². The number of aromatic hydroxyl groups is 1. The highest BCUT2D eigenvalue weighted by molar-refractivity contribution is 6.30. The van der Waals surface area contributed by atoms with E-state index < -0.39 is 11.4 Å². The second-order valence-corrected chi connectivity index (χ2v) is 10.3. The monoisotopic (exact) mass is 493 g/mol. The molecule has 0 aromatic heterocycles. The first kappa shape index (κ1) is 25.1. The van der Waals surface area contributed by atoms with Crippen LogP contribution in [0.5, 0.6) is 11.5 Å². The molecule has 0 spiro atoms. The number of carboxylic acids is 1. The first-order chi connectivity index (χ1) is 16.7. The van der Waals surface area contributed by atoms with Gasteiger partial charge in [-0.15, -0.1) is 0 Å². The standard InChI is InChI=1S/C29H32ClNO4/c1-28(2,31-16-13-25(20-31)35-26-18-23(30)17-24(32)19-26)14-15-29(27(33)34,21-9-5-3-6-10-21)22-11-7-4-8-12-22/h3-12,17-19,25,32H,13-16,20H2,1-2H3,(H,33,34)/t25-/m0/s1. The smallest absolute Gasteiger partial charge is 0.318 e. The summed E-state index contributed by atoms with van der Waals surface area (Å²) in [6.45, 7) is 5.91. The van der Waals surface area contributed by atoms with E-state index in [2.05, 4.69) is 18.7 Å². The Morgan fingerprint density at radius 3 is 2.14 bits per heavy atom. The highest BCUT2D eigenvalue weighted by atomic mass is 35.5. The molecule has 1 heterocycles. The molecule has 1 atom stereocenters. The van der Waals surface area contributed by atoms with Crippen LogP contribution in [-0.2, 0) is 10.2 Å². The van der Waals surface area contributed by atoms with Gasteiger partial charge in [-0.2, -0.15) is 0 Å². The lowest BCUT2D eigenvalue weighted by molar-refractivity contribution is -0.142. The lowest BCUT2D eigenvalue weighted by atomic mass is 9.69. The van der Waals surface area contributed by atoms with Crippen molar-refractivity contribution in [3.63, 3.8) is 0 Å². The number of ether oxygens (including phenoxy) is 1. The fraction of sp³-hybridized carbons (Fsp3) is 0.345. The molecule has 5 nitrogen and oxygen atoms in total. The average molecular weight is 494 g/mol. The van der Waals surface area contributed by atoms with Gasteiger partial charge in [0.1, 0.15) is 23.0 Å². The van der Waals surface area contributed by atoms with Crippen LogP contribution in [0.2, 0.25) is 5.02 Å². The highest BCUT2D eigenvalue weighted by Crippen LogP contribution is 2.40. The van der Waals surface area contributed by atoms with E-state index in [9.17, 15) is 15.0 Å². The molecule has 0 bridgehead atoms. The zero-order valence-corrected chi connectivity index (χ0v) is 20.9. The van der Waals surface area contributed by atoms with Gasteiger partial charge in [-0.3, -0.25) is 9.69 Å². The van der Waals surface area contributed by atoms with Crippen LogP contribution in [0, 0.1) is 0 Å². The number of phenolic OH excluding ortho intramolecular Hbond substituents is 1. The molecule has 0 unspecified atom stereocenters. The zero-order chi connectivity index (χ0) is 25.1. The van der Waals surface area contributed by atoms with Gasteiger partial charge in [0.25, 0.3) is 0 Å². The minimum atomic E-state index is -1.13. The van der Waals surface area contributed by atoms with Crippen LogP contribution in [0.25, 0.3) is 0 Å². The number of likely N-dealkylation sites (tertiary alicyclic amines) is 1. The molecule has 1 fully saturated rings. The molecule has 3 aromatic carbocycles. The molecule has 3 aromatic rings. The van der Waals surface area contributed by atoms with Crippen molar-refractivity contribution < 1.29 is 19.7 Å². The van der Waals surface area contributed by atoms with Crippen molar-refractivity contribution in [2.24, 2.45) is 0 Å². The van der Waals surface area contributed by atoms with Crippen LogP contribution in [0.3, 0.4) is 0 Å². The summed E-state index contributed by atoms with van der Waals surface area (Å²) in [4.78, 5) is 15.3. The summed E-state index contributed by atoms with van der Waals surface area (Å²) in [5.74, 6) is -0.207. The number of hydrogen-bond acceptors (Lipinski definition) is 4. The van der Waals surface area contributed by atoms with Gasteiger partial charge in [-0.05, 0) is 56.4 Å². The third-order valence-corrected chi connectivity index (χ3v) is 7.39. The number of carboxylic acid groups (broad SMARTS) is 1. The van der Waals surface area contributed by atoms with E-state index >= 15 is 0 Å². The van der Waals surface area contributed by atoms with E-state index in [1.807, 2.05) is 60.7 Å². The Morgan fingerprint density at radius 1 is 1.00 bits per heavy atom. The summed E-state index contributed by atoms with van der Waals surface area (Å²) in [6.07, 6.45) is 1.97. The summed E-state index contributed by atoms with van der Waals surface area (Å²) < 4.78 is 6.10.